The van der Waals surface area contributed by atoms with Crippen molar-refractivity contribution in [3.8, 4) is 0 Å². The fourth-order valence-corrected chi connectivity index (χ4v) is 6.20. The highest BCUT2D eigenvalue weighted by Crippen LogP contribution is 2.25. The normalized spacial score (nSPS) is 12.3. The summed E-state index contributed by atoms with van der Waals surface area (Å²) in [5, 5.41) is 3.56. The van der Waals surface area contributed by atoms with Crippen LogP contribution >= 0.6 is 11.6 Å². The molecule has 224 valence electrons. The number of hydrogen-bond acceptors (Lipinski definition) is 4. The second-order valence-corrected chi connectivity index (χ2v) is 13.6. The molecule has 43 heavy (non-hydrogen) atoms. The molecule has 4 aromatic carbocycles. The molecule has 0 heterocycles. The first kappa shape index (κ1) is 31.8. The quantitative estimate of drug-likeness (QED) is 0.221. The maximum absolute atomic E-state index is 14.4. The van der Waals surface area contributed by atoms with Crippen molar-refractivity contribution in [3.05, 3.63) is 131 Å². The third-order valence-corrected chi connectivity index (χ3v) is 8.73. The number of anilines is 1. The SMILES string of the molecule is CC(C)(C)NC(=O)[C@@H](Cc1ccccc1)N(Cc1ccc(Cl)cc1)C(=O)CN(c1ccccc1)S(=O)(=O)c1ccccc1. The smallest absolute Gasteiger partial charge is 0.264 e. The Bertz CT molecular complexity index is 1610. The number of halogens is 1. The van der Waals surface area contributed by atoms with E-state index in [1.807, 2.05) is 51.1 Å². The fourth-order valence-electron chi connectivity index (χ4n) is 4.64. The first-order chi connectivity index (χ1) is 20.4. The lowest BCUT2D eigenvalue weighted by atomic mass is 10.0. The van der Waals surface area contributed by atoms with Crippen molar-refractivity contribution >= 4 is 39.1 Å². The number of amides is 2. The lowest BCUT2D eigenvalue weighted by Crippen LogP contribution is -2.56. The summed E-state index contributed by atoms with van der Waals surface area (Å²) >= 11 is 6.13. The van der Waals surface area contributed by atoms with Gasteiger partial charge in [0.1, 0.15) is 12.6 Å². The molecule has 9 heteroatoms. The monoisotopic (exact) mass is 617 g/mol. The number of benzene rings is 4. The van der Waals surface area contributed by atoms with Gasteiger partial charge in [0.15, 0.2) is 0 Å². The van der Waals surface area contributed by atoms with Crippen molar-refractivity contribution in [1.29, 1.82) is 0 Å². The Labute approximate surface area is 259 Å². The van der Waals surface area contributed by atoms with E-state index < -0.39 is 34.1 Å². The van der Waals surface area contributed by atoms with Gasteiger partial charge in [-0.3, -0.25) is 13.9 Å². The van der Waals surface area contributed by atoms with Crippen LogP contribution in [0.5, 0.6) is 0 Å². The van der Waals surface area contributed by atoms with Gasteiger partial charge in [-0.25, -0.2) is 8.42 Å². The van der Waals surface area contributed by atoms with Crippen LogP contribution in [0.3, 0.4) is 0 Å². The Morgan fingerprint density at radius 2 is 1.30 bits per heavy atom. The summed E-state index contributed by atoms with van der Waals surface area (Å²) in [6, 6.07) is 32.0. The average molecular weight is 618 g/mol. The number of sulfonamides is 1. The zero-order valence-corrected chi connectivity index (χ0v) is 26.1. The molecule has 0 aliphatic heterocycles. The van der Waals surface area contributed by atoms with Crippen molar-refractivity contribution in [2.45, 2.75) is 50.2 Å². The molecule has 7 nitrogen and oxygen atoms in total. The molecular formula is C34H36ClN3O4S. The molecule has 1 N–H and O–H groups in total. The first-order valence-corrected chi connectivity index (χ1v) is 15.8. The number of rotatable bonds is 11. The largest absolute Gasteiger partial charge is 0.350 e. The van der Waals surface area contributed by atoms with E-state index >= 15 is 0 Å². The zero-order chi connectivity index (χ0) is 31.0. The summed E-state index contributed by atoms with van der Waals surface area (Å²) in [4.78, 5) is 29.8. The molecule has 0 spiro atoms. The van der Waals surface area contributed by atoms with Gasteiger partial charge < -0.3 is 10.2 Å². The molecule has 0 fully saturated rings. The second-order valence-electron chi connectivity index (χ2n) is 11.3. The van der Waals surface area contributed by atoms with Gasteiger partial charge in [0.05, 0.1) is 10.6 Å². The Morgan fingerprint density at radius 1 is 0.767 bits per heavy atom. The van der Waals surface area contributed by atoms with Crippen LogP contribution in [0.1, 0.15) is 31.9 Å². The van der Waals surface area contributed by atoms with Gasteiger partial charge in [-0.1, -0.05) is 90.5 Å². The van der Waals surface area contributed by atoms with E-state index in [1.54, 1.807) is 72.8 Å². The minimum atomic E-state index is -4.13. The molecule has 4 rings (SSSR count). The third kappa shape index (κ3) is 8.69. The minimum Gasteiger partial charge on any atom is -0.350 e. The number of para-hydroxylation sites is 1. The molecule has 0 aromatic heterocycles. The highest BCUT2D eigenvalue weighted by Gasteiger charge is 2.35. The van der Waals surface area contributed by atoms with Gasteiger partial charge in [-0.15, -0.1) is 0 Å². The van der Waals surface area contributed by atoms with Gasteiger partial charge in [0.2, 0.25) is 11.8 Å². The molecule has 1 atom stereocenters. The van der Waals surface area contributed by atoms with E-state index in [2.05, 4.69) is 5.32 Å². The summed E-state index contributed by atoms with van der Waals surface area (Å²) in [6.07, 6.45) is 0.235. The van der Waals surface area contributed by atoms with E-state index in [9.17, 15) is 18.0 Å². The molecule has 0 saturated heterocycles. The van der Waals surface area contributed by atoms with Crippen molar-refractivity contribution in [2.75, 3.05) is 10.8 Å². The van der Waals surface area contributed by atoms with E-state index in [0.29, 0.717) is 10.7 Å². The summed E-state index contributed by atoms with van der Waals surface area (Å²) in [5.41, 5.74) is 1.39. The van der Waals surface area contributed by atoms with Gasteiger partial charge in [0.25, 0.3) is 10.0 Å². The zero-order valence-electron chi connectivity index (χ0n) is 24.5. The van der Waals surface area contributed by atoms with Crippen molar-refractivity contribution < 1.29 is 18.0 Å². The van der Waals surface area contributed by atoms with Crippen LogP contribution in [0.4, 0.5) is 5.69 Å². The van der Waals surface area contributed by atoms with E-state index in [4.69, 9.17) is 11.6 Å². The van der Waals surface area contributed by atoms with Gasteiger partial charge in [0, 0.05) is 23.5 Å². The summed E-state index contributed by atoms with van der Waals surface area (Å²) in [5.74, 6) is -0.862. The predicted molar refractivity (Wildman–Crippen MR) is 171 cm³/mol. The van der Waals surface area contributed by atoms with Crippen molar-refractivity contribution in [1.82, 2.24) is 10.2 Å². The molecule has 0 saturated carbocycles. The highest BCUT2D eigenvalue weighted by atomic mass is 35.5. The van der Waals surface area contributed by atoms with Crippen LogP contribution in [0.25, 0.3) is 0 Å². The number of carbonyl (C=O) groups excluding carboxylic acids is 2. The number of hydrogen-bond donors (Lipinski definition) is 1. The Morgan fingerprint density at radius 3 is 1.86 bits per heavy atom. The Hall–Kier alpha value is -4.14. The maximum atomic E-state index is 14.4. The number of nitrogens with zero attached hydrogens (tertiary/aromatic N) is 2. The number of carbonyl (C=O) groups is 2. The molecule has 2 amide bonds. The molecular weight excluding hydrogens is 582 g/mol. The third-order valence-electron chi connectivity index (χ3n) is 6.69. The molecule has 0 aliphatic rings. The van der Waals surface area contributed by atoms with Gasteiger partial charge in [-0.2, -0.15) is 0 Å². The van der Waals surface area contributed by atoms with Crippen LogP contribution in [-0.2, 0) is 32.6 Å². The lowest BCUT2D eigenvalue weighted by molar-refractivity contribution is -0.140. The average Bonchev–Trinajstić information content (AvgIpc) is 2.99. The fraction of sp³-hybridized carbons (Fsp3) is 0.235. The van der Waals surface area contributed by atoms with Crippen molar-refractivity contribution in [2.24, 2.45) is 0 Å². The minimum absolute atomic E-state index is 0.0576. The van der Waals surface area contributed by atoms with Crippen LogP contribution < -0.4 is 9.62 Å². The molecule has 0 radical (unpaired) electrons. The van der Waals surface area contributed by atoms with Crippen LogP contribution in [0, 0.1) is 0 Å². The predicted octanol–water partition coefficient (Wildman–Crippen LogP) is 6.09. The topological polar surface area (TPSA) is 86.8 Å². The molecule has 0 aliphatic carbocycles. The van der Waals surface area contributed by atoms with Gasteiger partial charge >= 0.3 is 0 Å². The van der Waals surface area contributed by atoms with Crippen molar-refractivity contribution in [3.63, 3.8) is 0 Å². The Kier molecular flexibility index (Phi) is 10.3. The summed E-state index contributed by atoms with van der Waals surface area (Å²) < 4.78 is 29.0. The first-order valence-electron chi connectivity index (χ1n) is 14.0. The summed E-state index contributed by atoms with van der Waals surface area (Å²) in [6.45, 7) is 5.18. The highest BCUT2D eigenvalue weighted by molar-refractivity contribution is 7.92. The molecule has 0 unspecified atom stereocenters. The summed E-state index contributed by atoms with van der Waals surface area (Å²) in [7, 11) is -4.13. The maximum Gasteiger partial charge on any atom is 0.264 e. The second kappa shape index (κ2) is 13.9. The number of nitrogens with one attached hydrogen (secondary N) is 1. The standard InChI is InChI=1S/C34H36ClN3O4S/c1-34(2,3)36-33(40)31(23-26-13-7-4-8-14-26)37(24-27-19-21-28(35)22-20-27)32(39)25-38(29-15-9-5-10-16-29)43(41,42)30-17-11-6-12-18-30/h4-22,31H,23-25H2,1-3H3,(H,36,40)/t31-/m1/s1. The molecule has 0 bridgehead atoms. The Balaban J connectivity index is 1.79. The van der Waals surface area contributed by atoms with Gasteiger partial charge in [-0.05, 0) is 68.3 Å². The van der Waals surface area contributed by atoms with E-state index in [0.717, 1.165) is 15.4 Å². The van der Waals surface area contributed by atoms with Crippen LogP contribution in [0.15, 0.2) is 120 Å². The van der Waals surface area contributed by atoms with E-state index in [-0.39, 0.29) is 23.8 Å². The van der Waals surface area contributed by atoms with E-state index in [1.165, 1.54) is 17.0 Å². The van der Waals surface area contributed by atoms with Crippen LogP contribution in [-0.4, -0.2) is 43.3 Å². The lowest BCUT2D eigenvalue weighted by Gasteiger charge is -2.35. The molecule has 4 aromatic rings. The van der Waals surface area contributed by atoms with Crippen LogP contribution in [0.2, 0.25) is 5.02 Å².